The topological polar surface area (TPSA) is 46.6 Å². The Balaban J connectivity index is 1.92. The van der Waals surface area contributed by atoms with E-state index in [2.05, 4.69) is 0 Å². The van der Waals surface area contributed by atoms with Crippen LogP contribution in [0.3, 0.4) is 0 Å². The first-order valence-corrected chi connectivity index (χ1v) is 7.31. The molecule has 0 radical (unpaired) electrons. The Morgan fingerprint density at radius 3 is 2.57 bits per heavy atom. The largest absolute Gasteiger partial charge is 0.469 e. The van der Waals surface area contributed by atoms with Gasteiger partial charge in [-0.3, -0.25) is 9.59 Å². The van der Waals surface area contributed by atoms with Crippen molar-refractivity contribution < 1.29 is 18.7 Å². The summed E-state index contributed by atoms with van der Waals surface area (Å²) in [5.74, 6) is -0.821. The number of carbonyl (C=O) groups excluding carboxylic acids is 2. The monoisotopic (exact) mass is 313 g/mol. The van der Waals surface area contributed by atoms with E-state index in [1.807, 2.05) is 12.1 Å². The molecule has 0 fully saturated rings. The first-order valence-electron chi connectivity index (χ1n) is 7.31. The minimum absolute atomic E-state index is 0.0977. The van der Waals surface area contributed by atoms with Crippen LogP contribution < -0.4 is 0 Å². The van der Waals surface area contributed by atoms with Gasteiger partial charge in [-0.05, 0) is 29.3 Å². The molecule has 0 saturated heterocycles. The highest BCUT2D eigenvalue weighted by Gasteiger charge is 2.37. The van der Waals surface area contributed by atoms with E-state index in [-0.39, 0.29) is 30.2 Å². The van der Waals surface area contributed by atoms with Crippen molar-refractivity contribution in [3.8, 4) is 0 Å². The van der Waals surface area contributed by atoms with Crippen LogP contribution in [0.4, 0.5) is 4.39 Å². The van der Waals surface area contributed by atoms with Crippen LogP contribution in [0.15, 0.2) is 48.5 Å². The zero-order valence-corrected chi connectivity index (χ0v) is 12.7. The summed E-state index contributed by atoms with van der Waals surface area (Å²) >= 11 is 0. The molecule has 5 heteroatoms. The van der Waals surface area contributed by atoms with Crippen LogP contribution in [-0.4, -0.2) is 23.9 Å². The van der Waals surface area contributed by atoms with Gasteiger partial charge < -0.3 is 9.64 Å². The summed E-state index contributed by atoms with van der Waals surface area (Å²) in [6, 6.07) is 12.9. The fourth-order valence-corrected chi connectivity index (χ4v) is 2.88. The standard InChI is InChI=1S/C18H16FNO3/c1-23-17(21)10-16-14-4-2-3-5-15(14)18(22)20(16)11-12-6-8-13(19)9-7-12/h2-9,16H,10-11H2,1H3. The van der Waals surface area contributed by atoms with Crippen molar-refractivity contribution in [3.63, 3.8) is 0 Å². The molecule has 0 N–H and O–H groups in total. The summed E-state index contributed by atoms with van der Waals surface area (Å²) in [5, 5.41) is 0. The number of methoxy groups -OCH3 is 1. The van der Waals surface area contributed by atoms with Crippen LogP contribution in [-0.2, 0) is 16.1 Å². The minimum Gasteiger partial charge on any atom is -0.469 e. The molecule has 1 heterocycles. The lowest BCUT2D eigenvalue weighted by atomic mass is 10.0. The molecule has 1 amide bonds. The zero-order chi connectivity index (χ0) is 16.4. The fourth-order valence-electron chi connectivity index (χ4n) is 2.88. The van der Waals surface area contributed by atoms with Crippen molar-refractivity contribution in [2.24, 2.45) is 0 Å². The molecule has 23 heavy (non-hydrogen) atoms. The number of esters is 1. The molecule has 0 saturated carbocycles. The van der Waals surface area contributed by atoms with E-state index >= 15 is 0 Å². The highest BCUT2D eigenvalue weighted by molar-refractivity contribution is 5.99. The molecule has 118 valence electrons. The predicted octanol–water partition coefficient (Wildman–Crippen LogP) is 3.09. The summed E-state index contributed by atoms with van der Waals surface area (Å²) in [4.78, 5) is 26.0. The smallest absolute Gasteiger partial charge is 0.307 e. The second kappa shape index (κ2) is 6.20. The maximum Gasteiger partial charge on any atom is 0.307 e. The minimum atomic E-state index is -0.372. The Morgan fingerprint density at radius 1 is 1.17 bits per heavy atom. The summed E-state index contributed by atoms with van der Waals surface area (Å²) in [7, 11) is 1.33. The van der Waals surface area contributed by atoms with Crippen LogP contribution in [0.5, 0.6) is 0 Å². The van der Waals surface area contributed by atoms with Crippen LogP contribution in [0.25, 0.3) is 0 Å². The number of hydrogen-bond acceptors (Lipinski definition) is 3. The van der Waals surface area contributed by atoms with Crippen molar-refractivity contribution in [1.29, 1.82) is 0 Å². The lowest BCUT2D eigenvalue weighted by molar-refractivity contribution is -0.141. The lowest BCUT2D eigenvalue weighted by Crippen LogP contribution is -2.29. The molecule has 0 aliphatic carbocycles. The van der Waals surface area contributed by atoms with Gasteiger partial charge in [0, 0.05) is 12.1 Å². The zero-order valence-electron chi connectivity index (χ0n) is 12.7. The quantitative estimate of drug-likeness (QED) is 0.815. The highest BCUT2D eigenvalue weighted by atomic mass is 19.1. The molecule has 1 aliphatic heterocycles. The molecular weight excluding hydrogens is 297 g/mol. The molecule has 1 atom stereocenters. The molecule has 1 unspecified atom stereocenters. The molecule has 4 nitrogen and oxygen atoms in total. The number of halogens is 1. The third-order valence-corrected chi connectivity index (χ3v) is 4.04. The van der Waals surface area contributed by atoms with Gasteiger partial charge in [0.25, 0.3) is 5.91 Å². The van der Waals surface area contributed by atoms with Crippen LogP contribution >= 0.6 is 0 Å². The van der Waals surface area contributed by atoms with E-state index in [0.717, 1.165) is 11.1 Å². The number of benzene rings is 2. The number of amides is 1. The van der Waals surface area contributed by atoms with E-state index in [0.29, 0.717) is 12.1 Å². The molecule has 1 aliphatic rings. The van der Waals surface area contributed by atoms with Gasteiger partial charge in [-0.1, -0.05) is 30.3 Å². The van der Waals surface area contributed by atoms with Crippen LogP contribution in [0, 0.1) is 5.82 Å². The summed E-state index contributed by atoms with van der Waals surface area (Å²) in [6.45, 7) is 0.315. The third kappa shape index (κ3) is 2.95. The normalized spacial score (nSPS) is 16.3. The van der Waals surface area contributed by atoms with Gasteiger partial charge in [-0.25, -0.2) is 4.39 Å². The van der Waals surface area contributed by atoms with Crippen molar-refractivity contribution >= 4 is 11.9 Å². The molecule has 2 aromatic carbocycles. The van der Waals surface area contributed by atoms with E-state index in [1.54, 1.807) is 29.2 Å². The summed E-state index contributed by atoms with van der Waals surface area (Å²) < 4.78 is 17.8. The average Bonchev–Trinajstić information content (AvgIpc) is 2.83. The number of hydrogen-bond donors (Lipinski definition) is 0. The highest BCUT2D eigenvalue weighted by Crippen LogP contribution is 2.37. The number of ether oxygens (including phenoxy) is 1. The van der Waals surface area contributed by atoms with Gasteiger partial charge >= 0.3 is 5.97 Å². The van der Waals surface area contributed by atoms with Gasteiger partial charge in [0.05, 0.1) is 19.6 Å². The maximum atomic E-state index is 13.0. The average molecular weight is 313 g/mol. The van der Waals surface area contributed by atoms with Gasteiger partial charge in [-0.15, -0.1) is 0 Å². The molecule has 0 bridgehead atoms. The van der Waals surface area contributed by atoms with Crippen molar-refractivity contribution in [1.82, 2.24) is 4.90 Å². The van der Waals surface area contributed by atoms with Gasteiger partial charge in [0.2, 0.25) is 0 Å². The first-order chi connectivity index (χ1) is 11.1. The summed E-state index contributed by atoms with van der Waals surface area (Å²) in [5.41, 5.74) is 2.23. The SMILES string of the molecule is COC(=O)CC1c2ccccc2C(=O)N1Cc1ccc(F)cc1. The molecule has 3 rings (SSSR count). The number of carbonyl (C=O) groups is 2. The molecule has 0 aromatic heterocycles. The maximum absolute atomic E-state index is 13.0. The second-order valence-electron chi connectivity index (χ2n) is 5.44. The van der Waals surface area contributed by atoms with Gasteiger partial charge in [0.1, 0.15) is 5.82 Å². The Hall–Kier alpha value is -2.69. The van der Waals surface area contributed by atoms with Gasteiger partial charge in [0.15, 0.2) is 0 Å². The van der Waals surface area contributed by atoms with E-state index in [1.165, 1.54) is 19.2 Å². The van der Waals surface area contributed by atoms with Crippen LogP contribution in [0.2, 0.25) is 0 Å². The number of rotatable bonds is 4. The predicted molar refractivity (Wildman–Crippen MR) is 82.1 cm³/mol. The Morgan fingerprint density at radius 2 is 1.87 bits per heavy atom. The summed E-state index contributed by atoms with van der Waals surface area (Å²) in [6.07, 6.45) is 0.0977. The van der Waals surface area contributed by atoms with Gasteiger partial charge in [-0.2, -0.15) is 0 Å². The first kappa shape index (κ1) is 15.2. The van der Waals surface area contributed by atoms with E-state index in [4.69, 9.17) is 4.74 Å². The lowest BCUT2D eigenvalue weighted by Gasteiger charge is -2.24. The Labute approximate surface area is 133 Å². The molecular formula is C18H16FNO3. The van der Waals surface area contributed by atoms with E-state index < -0.39 is 0 Å². The molecule has 0 spiro atoms. The Kier molecular flexibility index (Phi) is 4.10. The fraction of sp³-hybridized carbons (Fsp3) is 0.222. The van der Waals surface area contributed by atoms with Crippen LogP contribution in [0.1, 0.15) is 33.9 Å². The van der Waals surface area contributed by atoms with E-state index in [9.17, 15) is 14.0 Å². The van der Waals surface area contributed by atoms with Crippen molar-refractivity contribution in [3.05, 3.63) is 71.0 Å². The van der Waals surface area contributed by atoms with Crippen molar-refractivity contribution in [2.75, 3.05) is 7.11 Å². The second-order valence-corrected chi connectivity index (χ2v) is 5.44. The molecule has 2 aromatic rings. The number of fused-ring (bicyclic) bond motifs is 1. The van der Waals surface area contributed by atoms with Crippen molar-refractivity contribution in [2.45, 2.75) is 19.0 Å². The Bertz CT molecular complexity index is 742. The third-order valence-electron chi connectivity index (χ3n) is 4.04. The number of nitrogens with zero attached hydrogens (tertiary/aromatic N) is 1.